The molecule has 6 nitrogen and oxygen atoms in total. The summed E-state index contributed by atoms with van der Waals surface area (Å²) < 4.78 is 1.50. The third-order valence-corrected chi connectivity index (χ3v) is 3.02. The summed E-state index contributed by atoms with van der Waals surface area (Å²) >= 11 is 3.08. The van der Waals surface area contributed by atoms with Gasteiger partial charge in [-0.2, -0.15) is 0 Å². The summed E-state index contributed by atoms with van der Waals surface area (Å²) in [7, 11) is 0. The fourth-order valence-electron chi connectivity index (χ4n) is 1.53. The smallest absolute Gasteiger partial charge is 0.301 e. The van der Waals surface area contributed by atoms with Gasteiger partial charge in [0.2, 0.25) is 0 Å². The van der Waals surface area contributed by atoms with Crippen LogP contribution in [-0.4, -0.2) is 15.3 Å². The van der Waals surface area contributed by atoms with E-state index < -0.39 is 16.2 Å². The molecule has 1 aromatic heterocycles. The molecule has 1 aliphatic carbocycles. The maximum Gasteiger partial charge on any atom is 0.335 e. The normalized spacial score (nSPS) is 14.6. The number of hydrogen-bond acceptors (Lipinski definition) is 4. The first-order chi connectivity index (χ1) is 7.99. The molecule has 0 N–H and O–H groups in total. The zero-order chi connectivity index (χ0) is 12.6. The van der Waals surface area contributed by atoms with Gasteiger partial charge in [0.1, 0.15) is 0 Å². The predicted molar refractivity (Wildman–Crippen MR) is 62.8 cm³/mol. The van der Waals surface area contributed by atoms with Crippen LogP contribution >= 0.6 is 15.9 Å². The van der Waals surface area contributed by atoms with Gasteiger partial charge in [0, 0.05) is 22.7 Å². The number of pyridine rings is 1. The number of nitro groups is 1. The average molecular weight is 301 g/mol. The van der Waals surface area contributed by atoms with Crippen molar-refractivity contribution in [1.29, 1.82) is 0 Å². The fraction of sp³-hybridized carbons (Fsp3) is 0.400. The Bertz CT molecular complexity index is 548. The molecule has 7 heteroatoms. The highest BCUT2D eigenvalue weighted by Crippen LogP contribution is 2.30. The molecule has 17 heavy (non-hydrogen) atoms. The molecule has 0 saturated heterocycles. The number of ketones is 1. The third-order valence-electron chi connectivity index (χ3n) is 2.59. The summed E-state index contributed by atoms with van der Waals surface area (Å²) in [5.74, 6) is -0.0144. The minimum absolute atomic E-state index is 0.0277. The number of carbonyl (C=O) groups excluding carboxylic acids is 1. The van der Waals surface area contributed by atoms with Crippen molar-refractivity contribution in [2.24, 2.45) is 5.92 Å². The lowest BCUT2D eigenvalue weighted by Crippen LogP contribution is -2.26. The van der Waals surface area contributed by atoms with Gasteiger partial charge in [0.05, 0.1) is 11.5 Å². The Morgan fingerprint density at radius 2 is 2.24 bits per heavy atom. The average Bonchev–Trinajstić information content (AvgIpc) is 3.05. The molecule has 1 saturated carbocycles. The highest BCUT2D eigenvalue weighted by molar-refractivity contribution is 9.10. The first-order valence-electron chi connectivity index (χ1n) is 5.06. The molecule has 0 spiro atoms. The van der Waals surface area contributed by atoms with Crippen molar-refractivity contribution in [3.63, 3.8) is 0 Å². The van der Waals surface area contributed by atoms with Gasteiger partial charge < -0.3 is 4.57 Å². The number of hydrogen-bond donors (Lipinski definition) is 0. The van der Waals surface area contributed by atoms with E-state index in [-0.39, 0.29) is 18.2 Å². The van der Waals surface area contributed by atoms with Gasteiger partial charge in [-0.25, -0.2) is 0 Å². The maximum atomic E-state index is 11.7. The molecule has 90 valence electrons. The molecular formula is C10H9BrN2O4. The molecule has 0 aliphatic heterocycles. The van der Waals surface area contributed by atoms with Gasteiger partial charge in [-0.1, -0.05) is 0 Å². The van der Waals surface area contributed by atoms with E-state index >= 15 is 0 Å². The van der Waals surface area contributed by atoms with Gasteiger partial charge >= 0.3 is 11.2 Å². The van der Waals surface area contributed by atoms with Crippen LogP contribution in [0.3, 0.4) is 0 Å². The third kappa shape index (κ3) is 2.60. The standard InChI is InChI=1S/C10H9BrN2O4/c11-7-3-8(13(16)17)10(15)12(4-7)5-9(14)6-1-2-6/h3-4,6H,1-2,5H2. The van der Waals surface area contributed by atoms with Gasteiger partial charge in [-0.05, 0) is 28.8 Å². The minimum Gasteiger partial charge on any atom is -0.301 e. The van der Waals surface area contributed by atoms with E-state index in [1.54, 1.807) is 0 Å². The van der Waals surface area contributed by atoms with Crippen LogP contribution in [0.25, 0.3) is 0 Å². The van der Waals surface area contributed by atoms with Gasteiger partial charge in [-0.15, -0.1) is 0 Å². The van der Waals surface area contributed by atoms with Crippen LogP contribution in [0.4, 0.5) is 5.69 Å². The highest BCUT2D eigenvalue weighted by Gasteiger charge is 2.30. The lowest BCUT2D eigenvalue weighted by Gasteiger charge is -2.04. The van der Waals surface area contributed by atoms with Crippen LogP contribution in [0.5, 0.6) is 0 Å². The van der Waals surface area contributed by atoms with E-state index in [1.165, 1.54) is 6.20 Å². The summed E-state index contributed by atoms with van der Waals surface area (Å²) in [6, 6.07) is 1.14. The van der Waals surface area contributed by atoms with Crippen molar-refractivity contribution in [3.8, 4) is 0 Å². The number of rotatable bonds is 4. The number of Topliss-reactive ketones (excluding diaryl/α,β-unsaturated/α-hetero) is 1. The summed E-state index contributed by atoms with van der Waals surface area (Å²) in [5, 5.41) is 10.6. The van der Waals surface area contributed by atoms with Crippen LogP contribution in [0.1, 0.15) is 12.8 Å². The maximum absolute atomic E-state index is 11.7. The number of aromatic nitrogens is 1. The summed E-state index contributed by atoms with van der Waals surface area (Å²) in [5.41, 5.74) is -1.27. The van der Waals surface area contributed by atoms with E-state index in [1.807, 2.05) is 0 Å². The van der Waals surface area contributed by atoms with Crippen molar-refractivity contribution in [3.05, 3.63) is 37.2 Å². The molecule has 1 heterocycles. The number of carbonyl (C=O) groups is 1. The lowest BCUT2D eigenvalue weighted by atomic mass is 10.2. The van der Waals surface area contributed by atoms with Gasteiger partial charge in [0.25, 0.3) is 0 Å². The predicted octanol–water partition coefficient (Wildman–Crippen LogP) is 1.50. The first kappa shape index (κ1) is 12.0. The molecule has 0 atom stereocenters. The van der Waals surface area contributed by atoms with Gasteiger partial charge in [-0.3, -0.25) is 19.7 Å². The molecule has 1 aliphatic rings. The second-order valence-electron chi connectivity index (χ2n) is 3.97. The Morgan fingerprint density at radius 1 is 1.59 bits per heavy atom. The molecule has 0 bridgehead atoms. The second-order valence-corrected chi connectivity index (χ2v) is 4.89. The Kier molecular flexibility index (Phi) is 3.10. The van der Waals surface area contributed by atoms with Crippen LogP contribution < -0.4 is 5.56 Å². The van der Waals surface area contributed by atoms with Crippen LogP contribution in [-0.2, 0) is 11.3 Å². The van der Waals surface area contributed by atoms with E-state index in [4.69, 9.17) is 0 Å². The first-order valence-corrected chi connectivity index (χ1v) is 5.85. The topological polar surface area (TPSA) is 82.2 Å². The molecule has 0 radical (unpaired) electrons. The summed E-state index contributed by atoms with van der Waals surface area (Å²) in [4.78, 5) is 33.2. The zero-order valence-corrected chi connectivity index (χ0v) is 10.3. The summed E-state index contributed by atoms with van der Waals surface area (Å²) in [6.07, 6.45) is 3.10. The van der Waals surface area contributed by atoms with Crippen LogP contribution in [0, 0.1) is 16.0 Å². The molecule has 0 aromatic carbocycles. The van der Waals surface area contributed by atoms with Gasteiger partial charge in [0.15, 0.2) is 5.78 Å². The van der Waals surface area contributed by atoms with E-state index in [9.17, 15) is 19.7 Å². The zero-order valence-electron chi connectivity index (χ0n) is 8.76. The summed E-state index contributed by atoms with van der Waals surface area (Å²) in [6.45, 7) is -0.0935. The quantitative estimate of drug-likeness (QED) is 0.623. The monoisotopic (exact) mass is 300 g/mol. The molecular weight excluding hydrogens is 292 g/mol. The van der Waals surface area contributed by atoms with Crippen molar-refractivity contribution in [1.82, 2.24) is 4.57 Å². The lowest BCUT2D eigenvalue weighted by molar-refractivity contribution is -0.386. The number of halogens is 1. The van der Waals surface area contributed by atoms with Crippen LogP contribution in [0.15, 0.2) is 21.5 Å². The van der Waals surface area contributed by atoms with E-state index in [2.05, 4.69) is 15.9 Å². The Labute approximate surface area is 105 Å². The molecule has 0 amide bonds. The largest absolute Gasteiger partial charge is 0.335 e. The second kappa shape index (κ2) is 4.40. The van der Waals surface area contributed by atoms with Crippen molar-refractivity contribution >= 4 is 27.4 Å². The SMILES string of the molecule is O=C(Cn1cc(Br)cc([N+](=O)[O-])c1=O)C1CC1. The highest BCUT2D eigenvalue weighted by atomic mass is 79.9. The molecule has 2 rings (SSSR count). The van der Waals surface area contributed by atoms with E-state index in [0.717, 1.165) is 23.5 Å². The molecule has 1 fully saturated rings. The van der Waals surface area contributed by atoms with Crippen molar-refractivity contribution in [2.75, 3.05) is 0 Å². The Balaban J connectivity index is 2.35. The molecule has 1 aromatic rings. The fourth-order valence-corrected chi connectivity index (χ4v) is 2.00. The molecule has 0 unspecified atom stereocenters. The van der Waals surface area contributed by atoms with E-state index in [0.29, 0.717) is 4.47 Å². The van der Waals surface area contributed by atoms with Crippen molar-refractivity contribution < 1.29 is 9.72 Å². The number of nitrogens with zero attached hydrogens (tertiary/aromatic N) is 2. The van der Waals surface area contributed by atoms with Crippen LogP contribution in [0.2, 0.25) is 0 Å². The van der Waals surface area contributed by atoms with Crippen molar-refractivity contribution in [2.45, 2.75) is 19.4 Å². The Morgan fingerprint density at radius 3 is 2.76 bits per heavy atom. The minimum atomic E-state index is -0.745. The Hall–Kier alpha value is -1.50.